The van der Waals surface area contributed by atoms with Crippen molar-refractivity contribution in [3.8, 4) is 5.75 Å². The molecule has 122 valence electrons. The number of nitrogens with zero attached hydrogens (tertiary/aromatic N) is 2. The Bertz CT molecular complexity index is 904. The first-order chi connectivity index (χ1) is 11.5. The number of methoxy groups -OCH3 is 1. The lowest BCUT2D eigenvalue weighted by molar-refractivity contribution is -0.138. The molecule has 0 atom stereocenters. The van der Waals surface area contributed by atoms with Crippen LogP contribution in [0.5, 0.6) is 5.75 Å². The highest BCUT2D eigenvalue weighted by Crippen LogP contribution is 2.38. The fraction of sp³-hybridized carbons (Fsp3) is 0.111. The van der Waals surface area contributed by atoms with Crippen LogP contribution in [0.4, 0.5) is 24.5 Å². The maximum absolute atomic E-state index is 13.0. The van der Waals surface area contributed by atoms with Crippen molar-refractivity contribution < 1.29 is 17.9 Å². The Hall–Kier alpha value is -2.89. The van der Waals surface area contributed by atoms with E-state index in [1.807, 2.05) is 36.4 Å². The molecule has 3 aromatic rings. The Morgan fingerprint density at radius 3 is 2.08 bits per heavy atom. The molecule has 0 aliphatic carbocycles. The van der Waals surface area contributed by atoms with E-state index >= 15 is 0 Å². The highest BCUT2D eigenvalue weighted by atomic mass is 19.4. The van der Waals surface area contributed by atoms with Gasteiger partial charge in [0, 0.05) is 0 Å². The van der Waals surface area contributed by atoms with Crippen LogP contribution < -0.4 is 4.74 Å². The summed E-state index contributed by atoms with van der Waals surface area (Å²) in [7, 11) is 1.20. The maximum Gasteiger partial charge on any atom is 0.420 e. The third-order valence-electron chi connectivity index (χ3n) is 3.50. The molecule has 0 saturated heterocycles. The number of ether oxygens (including phenoxy) is 1. The lowest BCUT2D eigenvalue weighted by atomic mass is 10.1. The zero-order valence-electron chi connectivity index (χ0n) is 12.7. The van der Waals surface area contributed by atoms with Gasteiger partial charge in [-0.2, -0.15) is 23.4 Å². The smallest absolute Gasteiger partial charge is 0.420 e. The predicted molar refractivity (Wildman–Crippen MR) is 86.1 cm³/mol. The number of rotatable bonds is 3. The van der Waals surface area contributed by atoms with E-state index in [1.54, 1.807) is 6.07 Å². The van der Waals surface area contributed by atoms with Gasteiger partial charge in [-0.15, -0.1) is 0 Å². The van der Waals surface area contributed by atoms with Crippen molar-refractivity contribution in [1.29, 1.82) is 0 Å². The van der Waals surface area contributed by atoms with Crippen molar-refractivity contribution in [3.63, 3.8) is 0 Å². The van der Waals surface area contributed by atoms with E-state index in [4.69, 9.17) is 4.74 Å². The molecule has 6 heteroatoms. The lowest BCUT2D eigenvalue weighted by Crippen LogP contribution is -2.07. The molecule has 0 saturated carbocycles. The molecule has 0 N–H and O–H groups in total. The van der Waals surface area contributed by atoms with Gasteiger partial charge in [-0.3, -0.25) is 0 Å². The first-order valence-corrected chi connectivity index (χ1v) is 7.13. The zero-order chi connectivity index (χ0) is 17.2. The molecule has 0 radical (unpaired) electrons. The minimum Gasteiger partial charge on any atom is -0.496 e. The van der Waals surface area contributed by atoms with Crippen LogP contribution in [0.2, 0.25) is 0 Å². The van der Waals surface area contributed by atoms with Crippen LogP contribution >= 0.6 is 0 Å². The molecule has 3 aromatic carbocycles. The normalized spacial score (nSPS) is 12.0. The Labute approximate surface area is 136 Å². The first kappa shape index (κ1) is 16.0. The van der Waals surface area contributed by atoms with Gasteiger partial charge in [0.25, 0.3) is 0 Å². The third kappa shape index (κ3) is 3.37. The van der Waals surface area contributed by atoms with Crippen molar-refractivity contribution in [3.05, 3.63) is 66.2 Å². The van der Waals surface area contributed by atoms with Crippen LogP contribution in [0.15, 0.2) is 70.9 Å². The average Bonchev–Trinajstić information content (AvgIpc) is 2.58. The lowest BCUT2D eigenvalue weighted by Gasteiger charge is -2.11. The van der Waals surface area contributed by atoms with Crippen molar-refractivity contribution in [2.75, 3.05) is 7.11 Å². The van der Waals surface area contributed by atoms with Gasteiger partial charge >= 0.3 is 6.18 Å². The molecular weight excluding hydrogens is 317 g/mol. The quantitative estimate of drug-likeness (QED) is 0.520. The van der Waals surface area contributed by atoms with Gasteiger partial charge in [-0.1, -0.05) is 30.3 Å². The third-order valence-corrected chi connectivity index (χ3v) is 3.50. The van der Waals surface area contributed by atoms with E-state index in [-0.39, 0.29) is 11.4 Å². The monoisotopic (exact) mass is 330 g/mol. The number of halogens is 3. The summed E-state index contributed by atoms with van der Waals surface area (Å²) in [4.78, 5) is 0. The van der Waals surface area contributed by atoms with Crippen LogP contribution in [-0.2, 0) is 6.18 Å². The number of fused-ring (bicyclic) bond motifs is 1. The summed E-state index contributed by atoms with van der Waals surface area (Å²) < 4.78 is 43.7. The summed E-state index contributed by atoms with van der Waals surface area (Å²) in [6, 6.07) is 16.8. The van der Waals surface area contributed by atoms with Gasteiger partial charge in [0.2, 0.25) is 0 Å². The minimum absolute atomic E-state index is 0.108. The summed E-state index contributed by atoms with van der Waals surface area (Å²) in [5, 5.41) is 9.97. The SMILES string of the molecule is COc1ccc(N=Nc2ccc3ccccc3c2)cc1C(F)(F)F. The Morgan fingerprint density at radius 1 is 0.792 bits per heavy atom. The van der Waals surface area contributed by atoms with Crippen LogP contribution in [-0.4, -0.2) is 7.11 Å². The summed E-state index contributed by atoms with van der Waals surface area (Å²) in [5.74, 6) is -0.243. The molecule has 0 aliphatic heterocycles. The largest absolute Gasteiger partial charge is 0.496 e. The molecule has 3 nitrogen and oxygen atoms in total. The molecular formula is C18H13F3N2O. The van der Waals surface area contributed by atoms with Gasteiger partial charge in [-0.25, -0.2) is 0 Å². The van der Waals surface area contributed by atoms with Gasteiger partial charge in [0.05, 0.1) is 24.0 Å². The Kier molecular flexibility index (Phi) is 4.20. The highest BCUT2D eigenvalue weighted by molar-refractivity contribution is 5.85. The van der Waals surface area contributed by atoms with Crippen LogP contribution in [0.1, 0.15) is 5.56 Å². The molecule has 0 fully saturated rings. The van der Waals surface area contributed by atoms with E-state index in [0.717, 1.165) is 16.8 Å². The summed E-state index contributed by atoms with van der Waals surface area (Å²) in [6.07, 6.45) is -4.51. The van der Waals surface area contributed by atoms with Crippen molar-refractivity contribution in [2.24, 2.45) is 10.2 Å². The molecule has 0 heterocycles. The Morgan fingerprint density at radius 2 is 1.42 bits per heavy atom. The molecule has 0 bridgehead atoms. The van der Waals surface area contributed by atoms with Gasteiger partial charge in [-0.05, 0) is 41.1 Å². The number of hydrogen-bond donors (Lipinski definition) is 0. The van der Waals surface area contributed by atoms with Gasteiger partial charge in [0.15, 0.2) is 0 Å². The molecule has 0 spiro atoms. The minimum atomic E-state index is -4.51. The van der Waals surface area contributed by atoms with Gasteiger partial charge in [0.1, 0.15) is 5.75 Å². The van der Waals surface area contributed by atoms with Crippen molar-refractivity contribution in [2.45, 2.75) is 6.18 Å². The molecule has 0 amide bonds. The summed E-state index contributed by atoms with van der Waals surface area (Å²) in [6.45, 7) is 0. The first-order valence-electron chi connectivity index (χ1n) is 7.13. The second kappa shape index (κ2) is 6.31. The van der Waals surface area contributed by atoms with E-state index < -0.39 is 11.7 Å². The number of hydrogen-bond acceptors (Lipinski definition) is 3. The topological polar surface area (TPSA) is 34.0 Å². The standard InChI is InChI=1S/C18H13F3N2O/c1-24-17-9-8-15(11-16(17)18(19,20)21)23-22-14-7-6-12-4-2-3-5-13(12)10-14/h2-11H,1H3. The molecule has 0 aromatic heterocycles. The van der Waals surface area contributed by atoms with E-state index in [0.29, 0.717) is 5.69 Å². The van der Waals surface area contributed by atoms with E-state index in [2.05, 4.69) is 10.2 Å². The van der Waals surface area contributed by atoms with E-state index in [1.165, 1.54) is 19.2 Å². The molecule has 3 rings (SSSR count). The van der Waals surface area contributed by atoms with Gasteiger partial charge < -0.3 is 4.74 Å². The second-order valence-electron chi connectivity index (χ2n) is 5.11. The fourth-order valence-corrected chi connectivity index (χ4v) is 2.33. The van der Waals surface area contributed by atoms with Crippen molar-refractivity contribution >= 4 is 22.1 Å². The number of benzene rings is 3. The van der Waals surface area contributed by atoms with E-state index in [9.17, 15) is 13.2 Å². The molecule has 24 heavy (non-hydrogen) atoms. The zero-order valence-corrected chi connectivity index (χ0v) is 12.7. The maximum atomic E-state index is 13.0. The summed E-state index contributed by atoms with van der Waals surface area (Å²) >= 11 is 0. The van der Waals surface area contributed by atoms with Crippen LogP contribution in [0.3, 0.4) is 0 Å². The van der Waals surface area contributed by atoms with Crippen LogP contribution in [0.25, 0.3) is 10.8 Å². The van der Waals surface area contributed by atoms with Crippen LogP contribution in [0, 0.1) is 0 Å². The summed E-state index contributed by atoms with van der Waals surface area (Å²) in [5.41, 5.74) is -0.200. The number of azo groups is 1. The fourth-order valence-electron chi connectivity index (χ4n) is 2.33. The second-order valence-corrected chi connectivity index (χ2v) is 5.11. The Balaban J connectivity index is 1.93. The predicted octanol–water partition coefficient (Wildman–Crippen LogP) is 6.28. The molecule has 0 aliphatic rings. The number of alkyl halides is 3. The highest BCUT2D eigenvalue weighted by Gasteiger charge is 2.34. The average molecular weight is 330 g/mol. The van der Waals surface area contributed by atoms with Crippen molar-refractivity contribution in [1.82, 2.24) is 0 Å². The molecule has 0 unspecified atom stereocenters.